The third kappa shape index (κ3) is 3.08. The highest BCUT2D eigenvalue weighted by atomic mass is 32.1. The fourth-order valence-electron chi connectivity index (χ4n) is 2.73. The lowest BCUT2D eigenvalue weighted by atomic mass is 9.97. The Kier molecular flexibility index (Phi) is 4.45. The van der Waals surface area contributed by atoms with Crippen LogP contribution in [-0.4, -0.2) is 19.0 Å². The number of carbonyl (C=O) groups is 2. The Morgan fingerprint density at radius 3 is 2.46 bits per heavy atom. The zero-order chi connectivity index (χ0) is 17.4. The Morgan fingerprint density at radius 2 is 1.88 bits per heavy atom. The van der Waals surface area contributed by atoms with E-state index in [2.05, 4.69) is 18.3 Å². The van der Waals surface area contributed by atoms with E-state index in [0.717, 1.165) is 34.4 Å². The predicted octanol–water partition coefficient (Wildman–Crippen LogP) is 4.48. The molecule has 1 aromatic carbocycles. The summed E-state index contributed by atoms with van der Waals surface area (Å²) in [6.07, 6.45) is 1.85. The number of benzene rings is 1. The minimum Gasteiger partial charge on any atom is -0.465 e. The summed E-state index contributed by atoms with van der Waals surface area (Å²) in [6, 6.07) is 6.13. The second-order valence-corrected chi connectivity index (χ2v) is 7.52. The van der Waals surface area contributed by atoms with Gasteiger partial charge in [0.15, 0.2) is 0 Å². The number of carbonyl (C=O) groups excluding carboxylic acids is 2. The van der Waals surface area contributed by atoms with Crippen LogP contribution in [0.25, 0.3) is 11.1 Å². The van der Waals surface area contributed by atoms with Gasteiger partial charge in [-0.05, 0) is 50.3 Å². The maximum absolute atomic E-state index is 12.4. The molecule has 1 N–H and O–H groups in total. The second kappa shape index (κ2) is 6.40. The summed E-state index contributed by atoms with van der Waals surface area (Å²) < 4.78 is 4.98. The molecule has 0 radical (unpaired) electrons. The number of hydrogen-bond acceptors (Lipinski definition) is 4. The van der Waals surface area contributed by atoms with Gasteiger partial charge in [-0.15, -0.1) is 11.3 Å². The first-order valence-corrected chi connectivity index (χ1v) is 8.84. The summed E-state index contributed by atoms with van der Waals surface area (Å²) >= 11 is 1.43. The van der Waals surface area contributed by atoms with Crippen molar-refractivity contribution in [1.82, 2.24) is 0 Å². The van der Waals surface area contributed by atoms with E-state index in [4.69, 9.17) is 4.74 Å². The average molecular weight is 343 g/mol. The molecule has 3 rings (SSSR count). The molecule has 0 unspecified atom stereocenters. The van der Waals surface area contributed by atoms with Gasteiger partial charge in [-0.25, -0.2) is 4.79 Å². The first kappa shape index (κ1) is 16.7. The van der Waals surface area contributed by atoms with E-state index in [-0.39, 0.29) is 11.8 Å². The molecular formula is C19H21NO3S. The van der Waals surface area contributed by atoms with Crippen molar-refractivity contribution in [1.29, 1.82) is 0 Å². The van der Waals surface area contributed by atoms with Crippen molar-refractivity contribution >= 4 is 28.2 Å². The van der Waals surface area contributed by atoms with Crippen molar-refractivity contribution in [2.24, 2.45) is 5.92 Å². The molecule has 0 atom stereocenters. The van der Waals surface area contributed by atoms with E-state index >= 15 is 0 Å². The smallest absolute Gasteiger partial charge is 0.341 e. The number of thiophene rings is 1. The Hall–Kier alpha value is -2.14. The van der Waals surface area contributed by atoms with Crippen LogP contribution in [0.15, 0.2) is 18.2 Å². The second-order valence-electron chi connectivity index (χ2n) is 6.29. The number of esters is 1. The molecule has 1 saturated carbocycles. The van der Waals surface area contributed by atoms with Gasteiger partial charge >= 0.3 is 5.97 Å². The Labute approximate surface area is 145 Å². The number of rotatable bonds is 4. The van der Waals surface area contributed by atoms with Crippen LogP contribution in [0.3, 0.4) is 0 Å². The van der Waals surface area contributed by atoms with Crippen LogP contribution < -0.4 is 5.32 Å². The SMILES string of the molecule is COC(=O)c1c(NC(=O)C2CC2)sc(C)c1-c1ccc(C)c(C)c1. The van der Waals surface area contributed by atoms with Crippen LogP contribution in [-0.2, 0) is 9.53 Å². The van der Waals surface area contributed by atoms with Crippen molar-refractivity contribution in [3.63, 3.8) is 0 Å². The van der Waals surface area contributed by atoms with Crippen LogP contribution in [0, 0.1) is 26.7 Å². The minimum atomic E-state index is -0.418. The van der Waals surface area contributed by atoms with Gasteiger partial charge in [0.05, 0.1) is 7.11 Å². The molecule has 1 aliphatic carbocycles. The number of hydrogen-bond donors (Lipinski definition) is 1. The zero-order valence-electron chi connectivity index (χ0n) is 14.4. The standard InChI is InChI=1S/C19H21NO3S/c1-10-5-6-14(9-11(10)2)15-12(3)24-18(16(15)19(22)23-4)20-17(21)13-7-8-13/h5-6,9,13H,7-8H2,1-4H3,(H,20,21). The number of anilines is 1. The van der Waals surface area contributed by atoms with Crippen molar-refractivity contribution in [3.8, 4) is 11.1 Å². The summed E-state index contributed by atoms with van der Waals surface area (Å²) in [7, 11) is 1.37. The molecule has 1 aromatic heterocycles. The van der Waals surface area contributed by atoms with E-state index < -0.39 is 5.97 Å². The molecule has 1 heterocycles. The maximum Gasteiger partial charge on any atom is 0.341 e. The number of amides is 1. The topological polar surface area (TPSA) is 55.4 Å². The largest absolute Gasteiger partial charge is 0.465 e. The number of aryl methyl sites for hydroxylation is 3. The molecule has 24 heavy (non-hydrogen) atoms. The van der Waals surface area contributed by atoms with E-state index in [9.17, 15) is 9.59 Å². The lowest BCUT2D eigenvalue weighted by Crippen LogP contribution is -2.15. The fourth-order valence-corrected chi connectivity index (χ4v) is 3.80. The molecule has 0 bridgehead atoms. The van der Waals surface area contributed by atoms with Gasteiger partial charge in [-0.3, -0.25) is 4.79 Å². The van der Waals surface area contributed by atoms with Gasteiger partial charge in [-0.2, -0.15) is 0 Å². The molecule has 0 aliphatic heterocycles. The van der Waals surface area contributed by atoms with Crippen LogP contribution in [0.2, 0.25) is 0 Å². The molecule has 0 saturated heterocycles. The lowest BCUT2D eigenvalue weighted by molar-refractivity contribution is -0.117. The molecule has 0 spiro atoms. The van der Waals surface area contributed by atoms with E-state index in [0.29, 0.717) is 10.6 Å². The average Bonchev–Trinajstić information content (AvgIpc) is 3.34. The molecule has 1 fully saturated rings. The monoisotopic (exact) mass is 343 g/mol. The summed E-state index contributed by atoms with van der Waals surface area (Å²) in [4.78, 5) is 25.5. The summed E-state index contributed by atoms with van der Waals surface area (Å²) in [5, 5.41) is 3.51. The highest BCUT2D eigenvalue weighted by Crippen LogP contribution is 2.41. The molecular weight excluding hydrogens is 322 g/mol. The Balaban J connectivity index is 2.10. The van der Waals surface area contributed by atoms with Gasteiger partial charge in [-0.1, -0.05) is 18.2 Å². The minimum absolute atomic E-state index is 0.00644. The van der Waals surface area contributed by atoms with E-state index in [1.807, 2.05) is 26.0 Å². The van der Waals surface area contributed by atoms with Gasteiger partial charge in [0.25, 0.3) is 0 Å². The predicted molar refractivity (Wildman–Crippen MR) is 96.7 cm³/mol. The Bertz CT molecular complexity index is 818. The van der Waals surface area contributed by atoms with E-state index in [1.54, 1.807) is 0 Å². The first-order chi connectivity index (χ1) is 11.4. The molecule has 5 heteroatoms. The highest BCUT2D eigenvalue weighted by molar-refractivity contribution is 7.17. The Morgan fingerprint density at radius 1 is 1.17 bits per heavy atom. The number of ether oxygens (including phenoxy) is 1. The van der Waals surface area contributed by atoms with Crippen molar-refractivity contribution in [2.75, 3.05) is 12.4 Å². The van der Waals surface area contributed by atoms with Crippen molar-refractivity contribution < 1.29 is 14.3 Å². The third-order valence-electron chi connectivity index (χ3n) is 4.45. The summed E-state index contributed by atoms with van der Waals surface area (Å²) in [6.45, 7) is 6.07. The summed E-state index contributed by atoms with van der Waals surface area (Å²) in [5.74, 6) is -0.338. The van der Waals surface area contributed by atoms with Gasteiger partial charge < -0.3 is 10.1 Å². The fraction of sp³-hybridized carbons (Fsp3) is 0.368. The molecule has 2 aromatic rings. The van der Waals surface area contributed by atoms with Crippen molar-refractivity contribution in [3.05, 3.63) is 39.8 Å². The maximum atomic E-state index is 12.4. The normalized spacial score (nSPS) is 13.7. The highest BCUT2D eigenvalue weighted by Gasteiger charge is 2.32. The van der Waals surface area contributed by atoms with E-state index in [1.165, 1.54) is 24.0 Å². The van der Waals surface area contributed by atoms with Crippen molar-refractivity contribution in [2.45, 2.75) is 33.6 Å². The molecule has 1 amide bonds. The van der Waals surface area contributed by atoms with Gasteiger partial charge in [0.1, 0.15) is 10.6 Å². The number of methoxy groups -OCH3 is 1. The number of nitrogens with one attached hydrogen (secondary N) is 1. The third-order valence-corrected chi connectivity index (χ3v) is 5.47. The van der Waals surface area contributed by atoms with Crippen LogP contribution >= 0.6 is 11.3 Å². The van der Waals surface area contributed by atoms with Gasteiger partial charge in [0.2, 0.25) is 5.91 Å². The zero-order valence-corrected chi connectivity index (χ0v) is 15.2. The lowest BCUT2D eigenvalue weighted by Gasteiger charge is -2.09. The molecule has 126 valence electrons. The molecule has 1 aliphatic rings. The van der Waals surface area contributed by atoms with Crippen LogP contribution in [0.1, 0.15) is 39.2 Å². The summed E-state index contributed by atoms with van der Waals surface area (Å²) in [5.41, 5.74) is 4.64. The quantitative estimate of drug-likeness (QED) is 0.833. The first-order valence-electron chi connectivity index (χ1n) is 8.02. The molecule has 4 nitrogen and oxygen atoms in total. The van der Waals surface area contributed by atoms with Gasteiger partial charge in [0, 0.05) is 16.4 Å². The van der Waals surface area contributed by atoms with Crippen LogP contribution in [0.5, 0.6) is 0 Å². The van der Waals surface area contributed by atoms with Crippen LogP contribution in [0.4, 0.5) is 5.00 Å².